The predicted molar refractivity (Wildman–Crippen MR) is 70.9 cm³/mol. The van der Waals surface area contributed by atoms with Gasteiger partial charge in [0.1, 0.15) is 5.01 Å². The van der Waals surface area contributed by atoms with Gasteiger partial charge in [0.25, 0.3) is 5.56 Å². The van der Waals surface area contributed by atoms with Gasteiger partial charge in [0.2, 0.25) is 0 Å². The normalized spacial score (nSPS) is 16.5. The molecule has 0 radical (unpaired) electrons. The topological polar surface area (TPSA) is 59.8 Å². The summed E-state index contributed by atoms with van der Waals surface area (Å²) in [5.41, 5.74) is -0.0385. The highest BCUT2D eigenvalue weighted by atomic mass is 32.1. The lowest BCUT2D eigenvalue weighted by Crippen LogP contribution is -2.24. The lowest BCUT2D eigenvalue weighted by atomic mass is 10.3. The molecular formula is C12H14N4OS. The lowest BCUT2D eigenvalue weighted by molar-refractivity contribution is 0.696. The van der Waals surface area contributed by atoms with Crippen LogP contribution in [0.2, 0.25) is 0 Å². The quantitative estimate of drug-likeness (QED) is 0.917. The maximum Gasteiger partial charge on any atom is 0.293 e. The zero-order chi connectivity index (χ0) is 12.5. The van der Waals surface area contributed by atoms with Gasteiger partial charge in [0.15, 0.2) is 5.82 Å². The number of hydrogen-bond donors (Lipinski definition) is 1. The second-order valence-electron chi connectivity index (χ2n) is 4.46. The van der Waals surface area contributed by atoms with Gasteiger partial charge in [-0.05, 0) is 19.8 Å². The summed E-state index contributed by atoms with van der Waals surface area (Å²) < 4.78 is 1.77. The molecule has 1 aliphatic rings. The molecule has 1 N–H and O–H groups in total. The van der Waals surface area contributed by atoms with Gasteiger partial charge >= 0.3 is 0 Å². The molecule has 1 fully saturated rings. The largest absolute Gasteiger partial charge is 0.357 e. The number of nitrogens with zero attached hydrogens (tertiary/aromatic N) is 3. The van der Waals surface area contributed by atoms with E-state index in [0.717, 1.165) is 17.8 Å². The van der Waals surface area contributed by atoms with Crippen molar-refractivity contribution in [2.45, 2.75) is 31.8 Å². The minimum Gasteiger partial charge on any atom is -0.357 e. The van der Waals surface area contributed by atoms with Crippen LogP contribution in [0.5, 0.6) is 0 Å². The Labute approximate surface area is 109 Å². The minimum absolute atomic E-state index is 0.000234. The lowest BCUT2D eigenvalue weighted by Gasteiger charge is -2.12. The van der Waals surface area contributed by atoms with E-state index in [-0.39, 0.29) is 11.6 Å². The monoisotopic (exact) mass is 262 g/mol. The van der Waals surface area contributed by atoms with Gasteiger partial charge in [-0.25, -0.2) is 9.97 Å². The summed E-state index contributed by atoms with van der Waals surface area (Å²) in [7, 11) is 0. The SMILES string of the molecule is CC(Nc1nccn(C2CC2)c1=O)c1nccs1. The third-order valence-electron chi connectivity index (χ3n) is 2.98. The van der Waals surface area contributed by atoms with Crippen LogP contribution in [0.15, 0.2) is 28.8 Å². The number of hydrogen-bond acceptors (Lipinski definition) is 5. The highest BCUT2D eigenvalue weighted by Gasteiger charge is 2.25. The second kappa shape index (κ2) is 4.53. The maximum atomic E-state index is 12.2. The van der Waals surface area contributed by atoms with Crippen LogP contribution in [0, 0.1) is 0 Å². The van der Waals surface area contributed by atoms with E-state index in [1.165, 1.54) is 0 Å². The van der Waals surface area contributed by atoms with Crippen LogP contribution in [-0.4, -0.2) is 14.5 Å². The highest BCUT2D eigenvalue weighted by molar-refractivity contribution is 7.09. The van der Waals surface area contributed by atoms with Crippen molar-refractivity contribution in [1.29, 1.82) is 0 Å². The Morgan fingerprint density at radius 1 is 1.44 bits per heavy atom. The molecule has 1 saturated carbocycles. The van der Waals surface area contributed by atoms with Crippen molar-refractivity contribution < 1.29 is 0 Å². The predicted octanol–water partition coefficient (Wildman–Crippen LogP) is 2.21. The van der Waals surface area contributed by atoms with Crippen molar-refractivity contribution in [1.82, 2.24) is 14.5 Å². The molecule has 94 valence electrons. The summed E-state index contributed by atoms with van der Waals surface area (Å²) in [5, 5.41) is 6.02. The first-order valence-corrected chi connectivity index (χ1v) is 6.87. The van der Waals surface area contributed by atoms with E-state index >= 15 is 0 Å². The molecule has 0 spiro atoms. The molecule has 1 atom stereocenters. The van der Waals surface area contributed by atoms with Crippen LogP contribution in [0.25, 0.3) is 0 Å². The fourth-order valence-corrected chi connectivity index (χ4v) is 2.53. The van der Waals surface area contributed by atoms with Crippen LogP contribution in [0.3, 0.4) is 0 Å². The van der Waals surface area contributed by atoms with Crippen molar-refractivity contribution in [3.8, 4) is 0 Å². The van der Waals surface area contributed by atoms with E-state index in [4.69, 9.17) is 0 Å². The van der Waals surface area contributed by atoms with E-state index in [1.807, 2.05) is 12.3 Å². The van der Waals surface area contributed by atoms with Crippen molar-refractivity contribution in [2.75, 3.05) is 5.32 Å². The Morgan fingerprint density at radius 2 is 2.28 bits per heavy atom. The molecule has 1 aliphatic carbocycles. The number of nitrogens with one attached hydrogen (secondary N) is 1. The van der Waals surface area contributed by atoms with Gasteiger partial charge in [-0.15, -0.1) is 11.3 Å². The summed E-state index contributed by atoms with van der Waals surface area (Å²) in [5.74, 6) is 0.409. The average Bonchev–Trinajstić information content (AvgIpc) is 3.05. The van der Waals surface area contributed by atoms with Crippen LogP contribution in [0.4, 0.5) is 5.82 Å². The third-order valence-corrected chi connectivity index (χ3v) is 3.94. The van der Waals surface area contributed by atoms with Gasteiger partial charge in [-0.1, -0.05) is 0 Å². The van der Waals surface area contributed by atoms with E-state index in [2.05, 4.69) is 15.3 Å². The number of rotatable bonds is 4. The summed E-state index contributed by atoms with van der Waals surface area (Å²) in [6.07, 6.45) is 7.38. The van der Waals surface area contributed by atoms with Gasteiger partial charge in [0, 0.05) is 30.0 Å². The number of anilines is 1. The number of aromatic nitrogens is 3. The molecule has 5 nitrogen and oxygen atoms in total. The van der Waals surface area contributed by atoms with Crippen molar-refractivity contribution in [3.63, 3.8) is 0 Å². The van der Waals surface area contributed by atoms with Crippen molar-refractivity contribution in [3.05, 3.63) is 39.3 Å². The van der Waals surface area contributed by atoms with Crippen LogP contribution < -0.4 is 10.9 Å². The summed E-state index contributed by atoms with van der Waals surface area (Å²) in [6.45, 7) is 1.98. The Balaban J connectivity index is 1.84. The second-order valence-corrected chi connectivity index (χ2v) is 5.38. The Hall–Kier alpha value is -1.69. The molecule has 18 heavy (non-hydrogen) atoms. The minimum atomic E-state index is -0.0385. The maximum absolute atomic E-state index is 12.2. The van der Waals surface area contributed by atoms with E-state index in [1.54, 1.807) is 34.5 Å². The van der Waals surface area contributed by atoms with Crippen LogP contribution >= 0.6 is 11.3 Å². The summed E-state index contributed by atoms with van der Waals surface area (Å²) >= 11 is 1.57. The van der Waals surface area contributed by atoms with Crippen LogP contribution in [-0.2, 0) is 0 Å². The fourth-order valence-electron chi connectivity index (χ4n) is 1.88. The summed E-state index contributed by atoms with van der Waals surface area (Å²) in [4.78, 5) is 20.5. The highest BCUT2D eigenvalue weighted by Crippen LogP contribution is 2.33. The molecule has 2 heterocycles. The van der Waals surface area contributed by atoms with Crippen LogP contribution in [0.1, 0.15) is 36.9 Å². The average molecular weight is 262 g/mol. The van der Waals surface area contributed by atoms with Gasteiger partial charge in [-0.3, -0.25) is 4.79 Å². The summed E-state index contributed by atoms with van der Waals surface area (Å²) in [6, 6.07) is 0.372. The van der Waals surface area contributed by atoms with Gasteiger partial charge in [-0.2, -0.15) is 0 Å². The zero-order valence-electron chi connectivity index (χ0n) is 10.0. The Bertz CT molecular complexity index is 588. The molecule has 2 aromatic heterocycles. The van der Waals surface area contributed by atoms with Crippen molar-refractivity contribution >= 4 is 17.2 Å². The van der Waals surface area contributed by atoms with E-state index in [0.29, 0.717) is 11.9 Å². The Morgan fingerprint density at radius 3 is 2.94 bits per heavy atom. The third kappa shape index (κ3) is 2.15. The first kappa shape index (κ1) is 11.4. The molecule has 2 aromatic rings. The van der Waals surface area contributed by atoms with Gasteiger partial charge in [0.05, 0.1) is 6.04 Å². The molecule has 6 heteroatoms. The first-order valence-electron chi connectivity index (χ1n) is 5.99. The Kier molecular flexibility index (Phi) is 2.87. The molecule has 0 bridgehead atoms. The number of thiazole rings is 1. The molecule has 0 aliphatic heterocycles. The molecule has 3 rings (SSSR count). The van der Waals surface area contributed by atoms with E-state index < -0.39 is 0 Å². The first-order chi connectivity index (χ1) is 8.75. The van der Waals surface area contributed by atoms with Gasteiger partial charge < -0.3 is 9.88 Å². The fraction of sp³-hybridized carbons (Fsp3) is 0.417. The zero-order valence-corrected chi connectivity index (χ0v) is 10.9. The molecular weight excluding hydrogens is 248 g/mol. The smallest absolute Gasteiger partial charge is 0.293 e. The van der Waals surface area contributed by atoms with E-state index in [9.17, 15) is 4.79 Å². The standard InChI is InChI=1S/C12H14N4OS/c1-8(11-14-5-7-18-11)15-10-12(17)16(6-4-13-10)9-2-3-9/h4-9H,2-3H2,1H3,(H,13,15). The van der Waals surface area contributed by atoms with Crippen molar-refractivity contribution in [2.24, 2.45) is 0 Å². The molecule has 0 amide bonds. The molecule has 0 saturated heterocycles. The molecule has 0 aromatic carbocycles. The molecule has 1 unspecified atom stereocenters.